The normalized spacial score (nSPS) is 11.7. The fourth-order valence-electron chi connectivity index (χ4n) is 10.6. The Labute approximate surface area is 569 Å². The second-order valence-corrected chi connectivity index (χ2v) is 22.4. The Bertz CT molecular complexity index is 5420. The van der Waals surface area contributed by atoms with Gasteiger partial charge in [-0.3, -0.25) is 19.2 Å². The van der Waals surface area contributed by atoms with Gasteiger partial charge in [0, 0.05) is 48.1 Å². The summed E-state index contributed by atoms with van der Waals surface area (Å²) in [5, 5.41) is 43.8. The number of carboxylic acid groups (broad SMARTS) is 4. The van der Waals surface area contributed by atoms with Crippen molar-refractivity contribution < 1.29 is 96.3 Å². The van der Waals surface area contributed by atoms with Crippen LogP contribution in [0.3, 0.4) is 0 Å². The Morgan fingerprint density at radius 1 is 0.353 bits per heavy atom. The van der Waals surface area contributed by atoms with E-state index in [1.54, 1.807) is 48.5 Å². The van der Waals surface area contributed by atoms with Crippen LogP contribution in [-0.2, 0) is 22.3 Å². The van der Waals surface area contributed by atoms with E-state index < -0.39 is 116 Å². The van der Waals surface area contributed by atoms with E-state index in [1.807, 2.05) is 19.1 Å². The van der Waals surface area contributed by atoms with Crippen molar-refractivity contribution >= 4 is 110 Å². The Morgan fingerprint density at radius 2 is 0.686 bits per heavy atom. The Hall–Kier alpha value is -14.7. The van der Waals surface area contributed by atoms with Gasteiger partial charge in [0.05, 0.1) is 77.2 Å². The number of hydrogen-bond donors (Lipinski definition) is 8. The number of Topliss-reactive ketones (excluding diaryl/α,β-unsaturated/α-hetero) is 2. The van der Waals surface area contributed by atoms with Crippen LogP contribution in [0.15, 0.2) is 198 Å². The molecule has 0 spiro atoms. The summed E-state index contributed by atoms with van der Waals surface area (Å²) < 4.78 is 17.7. The summed E-state index contributed by atoms with van der Waals surface area (Å²) in [6, 6.07) is 41.3. The van der Waals surface area contributed by atoms with Crippen LogP contribution < -0.4 is 44.6 Å². The molecule has 2 aromatic heterocycles. The maximum absolute atomic E-state index is 13.5. The summed E-state index contributed by atoms with van der Waals surface area (Å²) in [5.74, 6) is -11.4. The summed E-state index contributed by atoms with van der Waals surface area (Å²) in [7, 11) is 1.24. The first-order valence-electron chi connectivity index (χ1n) is 29.8. The molecule has 508 valence electrons. The number of cyclic esters (lactones) is 4. The first-order valence-corrected chi connectivity index (χ1v) is 29.8. The van der Waals surface area contributed by atoms with E-state index in [9.17, 15) is 97.1 Å². The van der Waals surface area contributed by atoms with Crippen molar-refractivity contribution in [3.63, 3.8) is 0 Å². The van der Waals surface area contributed by atoms with Gasteiger partial charge in [0.15, 0.2) is 11.6 Å². The highest BCUT2D eigenvalue weighted by Crippen LogP contribution is 2.32. The number of benzene rings is 9. The Balaban J connectivity index is 0.000000193. The molecule has 0 fully saturated rings. The molecule has 10 N–H and O–H groups in total. The highest BCUT2D eigenvalue weighted by molar-refractivity contribution is 6.18. The molecule has 4 heterocycles. The van der Waals surface area contributed by atoms with E-state index in [-0.39, 0.29) is 84.6 Å². The number of ether oxygens (including phenoxy) is 2. The van der Waals surface area contributed by atoms with Crippen LogP contribution in [0.1, 0.15) is 141 Å². The molecule has 2 aliphatic heterocycles. The summed E-state index contributed by atoms with van der Waals surface area (Å²) in [5.41, 5.74) is 11.0. The average molecular weight is 1380 g/mol. The SMILES string of the molecule is CNC(=O)c1cc(C(=O)O)c(C(=O)Cc2ccc(NC(=O)c3cc(-c4ccc(C(=O)O)c(C(=O)Cc5ccc(C)cc5)c4)ccc3C(=O)O)cc2)cc1C(=O)O.Nc1ccc(N)cc1.O=C1OC(=O)c2cc(-c3ccc4c(c3)C(=O)OC4=O)ccc21.O=c1oc(=O)c2cc3c(=O)oc(=O)c3cc12. The molecule has 102 heavy (non-hydrogen) atoms. The van der Waals surface area contributed by atoms with Gasteiger partial charge in [-0.25, -0.2) is 57.5 Å². The minimum absolute atomic E-state index is 0.0181. The zero-order valence-electron chi connectivity index (χ0n) is 52.7. The predicted octanol–water partition coefficient (Wildman–Crippen LogP) is 8.24. The molecule has 28 heteroatoms. The van der Waals surface area contributed by atoms with E-state index in [1.165, 1.54) is 92.0 Å². The highest BCUT2D eigenvalue weighted by atomic mass is 16.6. The standard InChI is InChI=1S/C42H32N2O12.C16H6O6.C10H2O6.C6H8N2/c1-21-3-5-22(6-4-21)15-35(45)29-17-24(9-13-27(29)39(49)50)25-10-14-28(40(51)52)31(18-25)38(48)44-26-11-7-23(8-12-26)16-36(46)30-19-34(42(55)56)32(37(47)43-2)20-33(30)41(53)54;17-13-9-3-1-7(5-11(9)15(19)21-13)8-2-4-10-12(6-8)16(20)22-14(10)18;11-7-3-1-4-6(10(14)16-8(4)12)2-5(3)9(13)15-7;7-5-1-2-6(8)4-3-5/h3-14,17-20H,15-16H2,1-2H3,(H,43,47)(H,44,48)(H,49,50)(H,51,52)(H,53,54)(H,55,56);1-6H;1-2H;1-4H,7-8H2. The smallest absolute Gasteiger partial charge is 0.346 e. The third-order valence-corrected chi connectivity index (χ3v) is 15.8. The molecule has 0 bridgehead atoms. The van der Waals surface area contributed by atoms with Gasteiger partial charge in [-0.1, -0.05) is 66.2 Å². The average Bonchev–Trinajstić information content (AvgIpc) is 1.57. The number of furan rings is 2. The van der Waals surface area contributed by atoms with Crippen LogP contribution >= 0.6 is 0 Å². The molecule has 0 unspecified atom stereocenters. The summed E-state index contributed by atoms with van der Waals surface area (Å²) >= 11 is 0. The largest absolute Gasteiger partial charge is 0.478 e. The number of hydrogen-bond acceptors (Lipinski definition) is 22. The molecule has 9 aromatic carbocycles. The van der Waals surface area contributed by atoms with Crippen LogP contribution in [-0.4, -0.2) is 98.6 Å². The van der Waals surface area contributed by atoms with Crippen molar-refractivity contribution in [2.75, 3.05) is 23.8 Å². The second-order valence-electron chi connectivity index (χ2n) is 22.4. The lowest BCUT2D eigenvalue weighted by Crippen LogP contribution is -2.23. The molecule has 13 rings (SSSR count). The lowest BCUT2D eigenvalue weighted by Gasteiger charge is -2.13. The predicted molar refractivity (Wildman–Crippen MR) is 361 cm³/mol. The fourth-order valence-corrected chi connectivity index (χ4v) is 10.6. The van der Waals surface area contributed by atoms with Crippen LogP contribution in [0.2, 0.25) is 0 Å². The number of aromatic carboxylic acids is 4. The molecule has 2 amide bonds. The number of anilines is 3. The molecule has 0 saturated heterocycles. The van der Waals surface area contributed by atoms with Gasteiger partial charge < -0.3 is 60.8 Å². The number of amides is 2. The Morgan fingerprint density at radius 3 is 1.10 bits per heavy atom. The molecule has 0 saturated carbocycles. The van der Waals surface area contributed by atoms with Gasteiger partial charge >= 0.3 is 70.3 Å². The molecule has 28 nitrogen and oxygen atoms in total. The quantitative estimate of drug-likeness (QED) is 0.0207. The van der Waals surface area contributed by atoms with E-state index in [2.05, 4.69) is 28.9 Å². The number of fused-ring (bicyclic) bond motifs is 4. The van der Waals surface area contributed by atoms with Gasteiger partial charge in [0.25, 0.3) is 11.8 Å². The van der Waals surface area contributed by atoms with E-state index >= 15 is 0 Å². The zero-order chi connectivity index (χ0) is 73.7. The first-order chi connectivity index (χ1) is 48.5. The van der Waals surface area contributed by atoms with Crippen LogP contribution in [0.4, 0.5) is 17.1 Å². The minimum atomic E-state index is -1.55. The topological polar surface area (TPSA) is 475 Å². The number of esters is 4. The first kappa shape index (κ1) is 70.1. The number of nitrogens with two attached hydrogens (primary N) is 2. The number of aryl methyl sites for hydroxylation is 1. The van der Waals surface area contributed by atoms with E-state index in [0.717, 1.165) is 41.2 Å². The van der Waals surface area contributed by atoms with Gasteiger partial charge in [0.2, 0.25) is 0 Å². The highest BCUT2D eigenvalue weighted by Gasteiger charge is 2.33. The van der Waals surface area contributed by atoms with Gasteiger partial charge in [0.1, 0.15) is 0 Å². The molecule has 0 atom stereocenters. The van der Waals surface area contributed by atoms with Crippen molar-refractivity contribution in [2.24, 2.45) is 0 Å². The molecule has 0 radical (unpaired) electrons. The van der Waals surface area contributed by atoms with Crippen molar-refractivity contribution in [3.8, 4) is 22.3 Å². The maximum Gasteiger partial charge on any atom is 0.346 e. The van der Waals surface area contributed by atoms with Crippen molar-refractivity contribution in [1.29, 1.82) is 0 Å². The number of carbonyl (C=O) groups excluding carboxylic acids is 8. The summed E-state index contributed by atoms with van der Waals surface area (Å²) in [4.78, 5) is 191. The molecular formula is C74H48N4O24. The van der Waals surface area contributed by atoms with E-state index in [4.69, 9.17) is 11.5 Å². The summed E-state index contributed by atoms with van der Waals surface area (Å²) in [6.45, 7) is 1.89. The monoisotopic (exact) mass is 1380 g/mol. The molecular weight excluding hydrogens is 1330 g/mol. The third kappa shape index (κ3) is 15.0. The molecule has 2 aliphatic rings. The maximum atomic E-state index is 13.5. The molecule has 11 aromatic rings. The van der Waals surface area contributed by atoms with Gasteiger partial charge in [-0.05, 0) is 149 Å². The molecule has 0 aliphatic carbocycles. The van der Waals surface area contributed by atoms with Crippen molar-refractivity contribution in [1.82, 2.24) is 5.32 Å². The number of ketones is 2. The Kier molecular flexibility index (Phi) is 19.9. The lowest BCUT2D eigenvalue weighted by atomic mass is 9.92. The number of nitrogen functional groups attached to an aromatic ring is 2. The lowest BCUT2D eigenvalue weighted by molar-refractivity contribution is 0.0425. The van der Waals surface area contributed by atoms with Gasteiger partial charge in [-0.2, -0.15) is 0 Å². The van der Waals surface area contributed by atoms with Crippen LogP contribution in [0.5, 0.6) is 0 Å². The van der Waals surface area contributed by atoms with Crippen molar-refractivity contribution in [3.05, 3.63) is 295 Å². The van der Waals surface area contributed by atoms with Crippen LogP contribution in [0.25, 0.3) is 43.8 Å². The minimum Gasteiger partial charge on any atom is -0.478 e. The number of nitrogens with one attached hydrogen (secondary N) is 2. The van der Waals surface area contributed by atoms with Gasteiger partial charge in [-0.15, -0.1) is 0 Å². The fraction of sp³-hybridized carbons (Fsp3) is 0.0541. The van der Waals surface area contributed by atoms with E-state index in [0.29, 0.717) is 33.4 Å². The van der Waals surface area contributed by atoms with Crippen LogP contribution in [0, 0.1) is 6.92 Å². The number of rotatable bonds is 15. The number of carboxylic acids is 4. The summed E-state index contributed by atoms with van der Waals surface area (Å²) in [6.07, 6.45) is -0.446. The van der Waals surface area contributed by atoms with Crippen molar-refractivity contribution in [2.45, 2.75) is 19.8 Å². The second kappa shape index (κ2) is 28.9. The third-order valence-electron chi connectivity index (χ3n) is 15.8. The zero-order valence-corrected chi connectivity index (χ0v) is 52.7. The number of carbonyl (C=O) groups is 12.